The molecule has 1 aromatic rings. The SMILES string of the molecule is CC(C)(C)Nc1c(NCS)c(=O)c1=O. The molecular formula is C9H14N2O2S. The second-order valence-corrected chi connectivity index (χ2v) is 4.43. The van der Waals surface area contributed by atoms with E-state index in [9.17, 15) is 9.59 Å². The van der Waals surface area contributed by atoms with Gasteiger partial charge in [-0.3, -0.25) is 9.59 Å². The van der Waals surface area contributed by atoms with Crippen molar-refractivity contribution in [1.29, 1.82) is 0 Å². The van der Waals surface area contributed by atoms with Crippen LogP contribution >= 0.6 is 12.6 Å². The molecule has 0 aliphatic heterocycles. The third kappa shape index (κ3) is 2.09. The Morgan fingerprint density at radius 3 is 2.07 bits per heavy atom. The summed E-state index contributed by atoms with van der Waals surface area (Å²) in [5.41, 5.74) is -0.429. The maximum absolute atomic E-state index is 11.2. The monoisotopic (exact) mass is 214 g/mol. The molecule has 78 valence electrons. The van der Waals surface area contributed by atoms with Crippen LogP contribution in [0, 0.1) is 0 Å². The van der Waals surface area contributed by atoms with Gasteiger partial charge in [-0.1, -0.05) is 0 Å². The van der Waals surface area contributed by atoms with Gasteiger partial charge in [0, 0.05) is 5.54 Å². The first-order valence-corrected chi connectivity index (χ1v) is 4.96. The van der Waals surface area contributed by atoms with Gasteiger partial charge < -0.3 is 10.6 Å². The maximum Gasteiger partial charge on any atom is 0.253 e. The lowest BCUT2D eigenvalue weighted by Gasteiger charge is -2.24. The molecule has 0 aromatic heterocycles. The van der Waals surface area contributed by atoms with Crippen LogP contribution in [0.4, 0.5) is 11.4 Å². The molecule has 0 radical (unpaired) electrons. The van der Waals surface area contributed by atoms with E-state index in [1.165, 1.54) is 0 Å². The minimum Gasteiger partial charge on any atom is -0.375 e. The fourth-order valence-electron chi connectivity index (χ4n) is 1.13. The topological polar surface area (TPSA) is 58.2 Å². The van der Waals surface area contributed by atoms with Crippen molar-refractivity contribution in [1.82, 2.24) is 0 Å². The Labute approximate surface area is 87.8 Å². The molecular weight excluding hydrogens is 200 g/mol. The Morgan fingerprint density at radius 1 is 1.14 bits per heavy atom. The van der Waals surface area contributed by atoms with Gasteiger partial charge in [0.2, 0.25) is 0 Å². The van der Waals surface area contributed by atoms with E-state index in [2.05, 4.69) is 23.3 Å². The summed E-state index contributed by atoms with van der Waals surface area (Å²) < 4.78 is 0. The molecule has 0 heterocycles. The number of thiol groups is 1. The van der Waals surface area contributed by atoms with Crippen LogP contribution in [0.25, 0.3) is 0 Å². The first kappa shape index (κ1) is 11.1. The lowest BCUT2D eigenvalue weighted by molar-refractivity contribution is 0.632. The Hall–Kier alpha value is -0.970. The average Bonchev–Trinajstić information content (AvgIpc) is 2.09. The Bertz CT molecular complexity index is 399. The molecule has 0 saturated heterocycles. The summed E-state index contributed by atoms with van der Waals surface area (Å²) >= 11 is 3.93. The van der Waals surface area contributed by atoms with Gasteiger partial charge in [0.15, 0.2) is 0 Å². The Morgan fingerprint density at radius 2 is 1.64 bits per heavy atom. The molecule has 0 amide bonds. The molecule has 0 aliphatic carbocycles. The van der Waals surface area contributed by atoms with Crippen molar-refractivity contribution >= 4 is 24.0 Å². The second kappa shape index (κ2) is 3.65. The summed E-state index contributed by atoms with van der Waals surface area (Å²) in [5.74, 6) is 0.337. The van der Waals surface area contributed by atoms with Crippen molar-refractivity contribution in [2.75, 3.05) is 16.5 Å². The fraction of sp³-hybridized carbons (Fsp3) is 0.556. The first-order chi connectivity index (χ1) is 6.37. The molecule has 0 saturated carbocycles. The van der Waals surface area contributed by atoms with Gasteiger partial charge in [0.05, 0.1) is 5.88 Å². The molecule has 5 heteroatoms. The van der Waals surface area contributed by atoms with E-state index in [-0.39, 0.29) is 5.54 Å². The van der Waals surface area contributed by atoms with Crippen LogP contribution in [-0.4, -0.2) is 11.4 Å². The van der Waals surface area contributed by atoms with Crippen molar-refractivity contribution in [3.05, 3.63) is 20.4 Å². The van der Waals surface area contributed by atoms with Crippen LogP contribution in [-0.2, 0) is 0 Å². The number of hydrogen-bond acceptors (Lipinski definition) is 5. The molecule has 0 fully saturated rings. The smallest absolute Gasteiger partial charge is 0.253 e. The Balaban J connectivity index is 2.93. The zero-order valence-corrected chi connectivity index (χ0v) is 9.37. The van der Waals surface area contributed by atoms with Gasteiger partial charge >= 0.3 is 0 Å². The van der Waals surface area contributed by atoms with Crippen LogP contribution in [0.3, 0.4) is 0 Å². The largest absolute Gasteiger partial charge is 0.375 e. The van der Waals surface area contributed by atoms with Crippen LogP contribution in [0.15, 0.2) is 9.59 Å². The van der Waals surface area contributed by atoms with E-state index >= 15 is 0 Å². The average molecular weight is 214 g/mol. The van der Waals surface area contributed by atoms with E-state index in [1.54, 1.807) is 0 Å². The normalized spacial score (nSPS) is 11.7. The van der Waals surface area contributed by atoms with Gasteiger partial charge in [-0.2, -0.15) is 12.6 Å². The van der Waals surface area contributed by atoms with Gasteiger partial charge in [0.25, 0.3) is 10.9 Å². The summed E-state index contributed by atoms with van der Waals surface area (Å²) in [7, 11) is 0. The number of rotatable bonds is 3. The quantitative estimate of drug-likeness (QED) is 0.395. The standard InChI is InChI=1S/C9H14N2O2S/c1-9(2,3)11-6-5(10-4-14)7(12)8(6)13/h10-11,14H,4H2,1-3H3. The zero-order valence-electron chi connectivity index (χ0n) is 8.47. The minimum atomic E-state index is -0.467. The van der Waals surface area contributed by atoms with Crippen molar-refractivity contribution in [3.8, 4) is 0 Å². The maximum atomic E-state index is 11.2. The molecule has 14 heavy (non-hydrogen) atoms. The predicted octanol–water partition coefficient (Wildman–Crippen LogP) is 0.792. The fourth-order valence-corrected chi connectivity index (χ4v) is 1.29. The van der Waals surface area contributed by atoms with Crippen LogP contribution in [0.5, 0.6) is 0 Å². The van der Waals surface area contributed by atoms with Crippen LogP contribution in [0.2, 0.25) is 0 Å². The number of hydrogen-bond donors (Lipinski definition) is 3. The van der Waals surface area contributed by atoms with E-state index in [0.29, 0.717) is 17.3 Å². The predicted molar refractivity (Wildman–Crippen MR) is 62.2 cm³/mol. The molecule has 4 nitrogen and oxygen atoms in total. The highest BCUT2D eigenvalue weighted by molar-refractivity contribution is 7.80. The summed E-state index contributed by atoms with van der Waals surface area (Å²) in [6.45, 7) is 5.77. The molecule has 2 N–H and O–H groups in total. The van der Waals surface area contributed by atoms with Crippen molar-refractivity contribution in [3.63, 3.8) is 0 Å². The van der Waals surface area contributed by atoms with Gasteiger partial charge in [-0.15, -0.1) is 0 Å². The lowest BCUT2D eigenvalue weighted by atomic mass is 10.1. The highest BCUT2D eigenvalue weighted by Gasteiger charge is 2.23. The Kier molecular flexibility index (Phi) is 2.89. The van der Waals surface area contributed by atoms with E-state index < -0.39 is 10.9 Å². The molecule has 1 aromatic carbocycles. The number of anilines is 2. The molecule has 0 spiro atoms. The summed E-state index contributed by atoms with van der Waals surface area (Å²) in [6.07, 6.45) is 0. The third-order valence-electron chi connectivity index (χ3n) is 1.67. The zero-order chi connectivity index (χ0) is 10.9. The van der Waals surface area contributed by atoms with Gasteiger partial charge in [0.1, 0.15) is 11.4 Å². The lowest BCUT2D eigenvalue weighted by Crippen LogP contribution is -2.41. The van der Waals surface area contributed by atoms with E-state index in [4.69, 9.17) is 0 Å². The van der Waals surface area contributed by atoms with Crippen molar-refractivity contribution < 1.29 is 0 Å². The molecule has 0 unspecified atom stereocenters. The summed E-state index contributed by atoms with van der Waals surface area (Å²) in [4.78, 5) is 22.3. The number of nitrogens with one attached hydrogen (secondary N) is 2. The summed E-state index contributed by atoms with van der Waals surface area (Å²) in [6, 6.07) is 0. The van der Waals surface area contributed by atoms with Crippen molar-refractivity contribution in [2.24, 2.45) is 0 Å². The highest BCUT2D eigenvalue weighted by Crippen LogP contribution is 2.18. The van der Waals surface area contributed by atoms with Crippen molar-refractivity contribution in [2.45, 2.75) is 26.3 Å². The van der Waals surface area contributed by atoms with E-state index in [0.717, 1.165) is 0 Å². The second-order valence-electron chi connectivity index (χ2n) is 4.12. The summed E-state index contributed by atoms with van der Waals surface area (Å²) in [5, 5.41) is 5.73. The first-order valence-electron chi connectivity index (χ1n) is 4.33. The van der Waals surface area contributed by atoms with Gasteiger partial charge in [-0.05, 0) is 20.8 Å². The highest BCUT2D eigenvalue weighted by atomic mass is 32.1. The molecule has 0 aliphatic rings. The van der Waals surface area contributed by atoms with Crippen LogP contribution in [0.1, 0.15) is 20.8 Å². The minimum absolute atomic E-state index is 0.227. The molecule has 0 bridgehead atoms. The van der Waals surface area contributed by atoms with Gasteiger partial charge in [-0.25, -0.2) is 0 Å². The third-order valence-corrected chi connectivity index (χ3v) is 1.82. The molecule has 1 rings (SSSR count). The van der Waals surface area contributed by atoms with E-state index in [1.807, 2.05) is 20.8 Å². The van der Waals surface area contributed by atoms with Crippen LogP contribution < -0.4 is 21.5 Å². The molecule has 0 atom stereocenters.